The summed E-state index contributed by atoms with van der Waals surface area (Å²) in [4.78, 5) is 12.0. The summed E-state index contributed by atoms with van der Waals surface area (Å²) in [5.74, 6) is 0.341. The van der Waals surface area contributed by atoms with E-state index in [2.05, 4.69) is 0 Å². The molecule has 0 spiro atoms. The van der Waals surface area contributed by atoms with E-state index in [-0.39, 0.29) is 30.0 Å². The Hall–Kier alpha value is -0.610. The first kappa shape index (κ1) is 14.8. The van der Waals surface area contributed by atoms with E-state index >= 15 is 0 Å². The fraction of sp³-hybridized carbons (Fsp3) is 0.933. The SMILES string of the molecule is CC1CC(C(=O)OCC2CCCC(O)C2)CCC1O. The average molecular weight is 270 g/mol. The van der Waals surface area contributed by atoms with Crippen molar-refractivity contribution in [2.24, 2.45) is 17.8 Å². The molecule has 0 amide bonds. The first-order chi connectivity index (χ1) is 9.06. The summed E-state index contributed by atoms with van der Waals surface area (Å²) >= 11 is 0. The Labute approximate surface area is 115 Å². The third-order valence-corrected chi connectivity index (χ3v) is 4.67. The van der Waals surface area contributed by atoms with Crippen LogP contribution in [-0.2, 0) is 9.53 Å². The van der Waals surface area contributed by atoms with Gasteiger partial charge in [0.2, 0.25) is 0 Å². The zero-order chi connectivity index (χ0) is 13.8. The van der Waals surface area contributed by atoms with Gasteiger partial charge in [-0.3, -0.25) is 4.79 Å². The smallest absolute Gasteiger partial charge is 0.308 e. The predicted octanol–water partition coefficient (Wildman–Crippen LogP) is 1.88. The Kier molecular flexibility index (Phi) is 5.22. The molecule has 2 aliphatic rings. The molecule has 0 aromatic carbocycles. The summed E-state index contributed by atoms with van der Waals surface area (Å²) in [7, 11) is 0. The van der Waals surface area contributed by atoms with Crippen LogP contribution in [0.25, 0.3) is 0 Å². The Balaban J connectivity index is 1.72. The van der Waals surface area contributed by atoms with Gasteiger partial charge < -0.3 is 14.9 Å². The molecule has 5 atom stereocenters. The van der Waals surface area contributed by atoms with Gasteiger partial charge in [-0.15, -0.1) is 0 Å². The van der Waals surface area contributed by atoms with E-state index in [0.717, 1.165) is 38.5 Å². The molecule has 4 heteroatoms. The van der Waals surface area contributed by atoms with E-state index in [1.807, 2.05) is 6.92 Å². The maximum Gasteiger partial charge on any atom is 0.308 e. The molecule has 2 saturated carbocycles. The first-order valence-corrected chi connectivity index (χ1v) is 7.59. The maximum atomic E-state index is 12.0. The molecular weight excluding hydrogens is 244 g/mol. The molecule has 0 radical (unpaired) electrons. The lowest BCUT2D eigenvalue weighted by Gasteiger charge is -2.30. The molecule has 0 heterocycles. The van der Waals surface area contributed by atoms with Crippen LogP contribution in [0, 0.1) is 17.8 Å². The molecule has 110 valence electrons. The summed E-state index contributed by atoms with van der Waals surface area (Å²) < 4.78 is 5.42. The summed E-state index contributed by atoms with van der Waals surface area (Å²) in [6.45, 7) is 2.44. The number of ether oxygens (including phenoxy) is 1. The Morgan fingerprint density at radius 2 is 1.95 bits per heavy atom. The second kappa shape index (κ2) is 6.71. The van der Waals surface area contributed by atoms with Gasteiger partial charge in [0, 0.05) is 0 Å². The summed E-state index contributed by atoms with van der Waals surface area (Å²) in [5.41, 5.74) is 0. The zero-order valence-corrected chi connectivity index (χ0v) is 11.8. The molecule has 0 saturated heterocycles. The molecule has 2 rings (SSSR count). The van der Waals surface area contributed by atoms with Gasteiger partial charge in [0.25, 0.3) is 0 Å². The lowest BCUT2D eigenvalue weighted by Crippen LogP contribution is -2.33. The highest BCUT2D eigenvalue weighted by atomic mass is 16.5. The van der Waals surface area contributed by atoms with Crippen LogP contribution in [0.3, 0.4) is 0 Å². The number of rotatable bonds is 3. The molecule has 0 aliphatic heterocycles. The van der Waals surface area contributed by atoms with Crippen molar-refractivity contribution < 1.29 is 19.7 Å². The lowest BCUT2D eigenvalue weighted by atomic mass is 9.80. The highest BCUT2D eigenvalue weighted by Crippen LogP contribution is 2.30. The van der Waals surface area contributed by atoms with E-state index < -0.39 is 0 Å². The topological polar surface area (TPSA) is 66.8 Å². The van der Waals surface area contributed by atoms with Crippen LogP contribution >= 0.6 is 0 Å². The van der Waals surface area contributed by atoms with Crippen molar-refractivity contribution >= 4 is 5.97 Å². The largest absolute Gasteiger partial charge is 0.465 e. The maximum absolute atomic E-state index is 12.0. The van der Waals surface area contributed by atoms with Crippen LogP contribution < -0.4 is 0 Å². The molecule has 0 bridgehead atoms. The molecule has 4 nitrogen and oxygen atoms in total. The number of esters is 1. The van der Waals surface area contributed by atoms with E-state index in [4.69, 9.17) is 4.74 Å². The minimum absolute atomic E-state index is 0.0492. The highest BCUT2D eigenvalue weighted by Gasteiger charge is 2.32. The van der Waals surface area contributed by atoms with Gasteiger partial charge in [0.05, 0.1) is 24.7 Å². The molecule has 0 aromatic rings. The van der Waals surface area contributed by atoms with Crippen molar-refractivity contribution in [2.75, 3.05) is 6.61 Å². The summed E-state index contributed by atoms with van der Waals surface area (Å²) in [5, 5.41) is 19.2. The zero-order valence-electron chi connectivity index (χ0n) is 11.8. The number of carbonyl (C=O) groups excluding carboxylic acids is 1. The van der Waals surface area contributed by atoms with Crippen LogP contribution in [-0.4, -0.2) is 35.0 Å². The fourth-order valence-corrected chi connectivity index (χ4v) is 3.33. The van der Waals surface area contributed by atoms with Crippen molar-refractivity contribution in [3.8, 4) is 0 Å². The van der Waals surface area contributed by atoms with Crippen LogP contribution in [0.2, 0.25) is 0 Å². The van der Waals surface area contributed by atoms with Crippen LogP contribution in [0.1, 0.15) is 51.9 Å². The van der Waals surface area contributed by atoms with Gasteiger partial charge >= 0.3 is 5.97 Å². The number of hydrogen-bond acceptors (Lipinski definition) is 4. The monoisotopic (exact) mass is 270 g/mol. The van der Waals surface area contributed by atoms with Gasteiger partial charge in [0.1, 0.15) is 0 Å². The van der Waals surface area contributed by atoms with E-state index in [9.17, 15) is 15.0 Å². The minimum atomic E-state index is -0.266. The summed E-state index contributed by atoms with van der Waals surface area (Å²) in [6, 6.07) is 0. The Bertz CT molecular complexity index is 305. The molecule has 2 N–H and O–H groups in total. The second-order valence-corrected chi connectivity index (χ2v) is 6.37. The Morgan fingerprint density at radius 1 is 1.16 bits per heavy atom. The average Bonchev–Trinajstić information content (AvgIpc) is 2.39. The third kappa shape index (κ3) is 4.18. The van der Waals surface area contributed by atoms with Crippen LogP contribution in [0.4, 0.5) is 0 Å². The number of aliphatic hydroxyl groups is 2. The molecule has 0 aromatic heterocycles. The first-order valence-electron chi connectivity index (χ1n) is 7.59. The quantitative estimate of drug-likeness (QED) is 0.768. The van der Waals surface area contributed by atoms with Gasteiger partial charge in [-0.05, 0) is 50.4 Å². The number of carbonyl (C=O) groups is 1. The fourth-order valence-electron chi connectivity index (χ4n) is 3.33. The van der Waals surface area contributed by atoms with Crippen LogP contribution in [0.15, 0.2) is 0 Å². The van der Waals surface area contributed by atoms with Crippen molar-refractivity contribution in [1.29, 1.82) is 0 Å². The molecule has 5 unspecified atom stereocenters. The standard InChI is InChI=1S/C15H26O4/c1-10-7-12(5-6-14(10)17)15(18)19-9-11-3-2-4-13(16)8-11/h10-14,16-17H,2-9H2,1H3. The molecule has 2 fully saturated rings. The van der Waals surface area contributed by atoms with E-state index in [1.165, 1.54) is 0 Å². The lowest BCUT2D eigenvalue weighted by molar-refractivity contribution is -0.153. The normalized spacial score (nSPS) is 39.8. The van der Waals surface area contributed by atoms with Gasteiger partial charge in [-0.1, -0.05) is 13.3 Å². The van der Waals surface area contributed by atoms with Gasteiger partial charge in [-0.25, -0.2) is 0 Å². The van der Waals surface area contributed by atoms with Crippen molar-refractivity contribution in [2.45, 2.75) is 64.1 Å². The molecular formula is C15H26O4. The summed E-state index contributed by atoms with van der Waals surface area (Å²) in [6.07, 6.45) is 5.38. The highest BCUT2D eigenvalue weighted by molar-refractivity contribution is 5.72. The van der Waals surface area contributed by atoms with Gasteiger partial charge in [0.15, 0.2) is 0 Å². The third-order valence-electron chi connectivity index (χ3n) is 4.67. The number of aliphatic hydroxyl groups excluding tert-OH is 2. The minimum Gasteiger partial charge on any atom is -0.465 e. The number of hydrogen-bond donors (Lipinski definition) is 2. The Morgan fingerprint density at radius 3 is 2.63 bits per heavy atom. The second-order valence-electron chi connectivity index (χ2n) is 6.37. The van der Waals surface area contributed by atoms with Crippen molar-refractivity contribution in [3.63, 3.8) is 0 Å². The van der Waals surface area contributed by atoms with Crippen LogP contribution in [0.5, 0.6) is 0 Å². The van der Waals surface area contributed by atoms with Gasteiger partial charge in [-0.2, -0.15) is 0 Å². The predicted molar refractivity (Wildman–Crippen MR) is 71.4 cm³/mol. The molecule has 2 aliphatic carbocycles. The van der Waals surface area contributed by atoms with Crippen molar-refractivity contribution in [3.05, 3.63) is 0 Å². The molecule has 19 heavy (non-hydrogen) atoms. The van der Waals surface area contributed by atoms with Crippen molar-refractivity contribution in [1.82, 2.24) is 0 Å². The van der Waals surface area contributed by atoms with E-state index in [0.29, 0.717) is 18.9 Å². The van der Waals surface area contributed by atoms with E-state index in [1.54, 1.807) is 0 Å².